The van der Waals surface area contributed by atoms with Crippen LogP contribution in [0, 0.1) is 24.6 Å². The Bertz CT molecular complexity index is 1310. The minimum Gasteiger partial charge on any atom is -0.462 e. The Morgan fingerprint density at radius 2 is 1.86 bits per heavy atom. The van der Waals surface area contributed by atoms with Crippen molar-refractivity contribution in [3.63, 3.8) is 0 Å². The van der Waals surface area contributed by atoms with Gasteiger partial charge in [-0.25, -0.2) is 14.0 Å². The summed E-state index contributed by atoms with van der Waals surface area (Å²) >= 11 is 0. The van der Waals surface area contributed by atoms with Crippen molar-refractivity contribution in [2.75, 3.05) is 24.6 Å². The van der Waals surface area contributed by atoms with Crippen LogP contribution in [0.25, 0.3) is 5.52 Å². The molecule has 200 valence electrons. The summed E-state index contributed by atoms with van der Waals surface area (Å²) in [5.41, 5.74) is 1.41. The van der Waals surface area contributed by atoms with Crippen LogP contribution in [-0.2, 0) is 9.47 Å². The van der Waals surface area contributed by atoms with Crippen LogP contribution in [0.5, 0.6) is 0 Å². The van der Waals surface area contributed by atoms with E-state index in [-0.39, 0.29) is 30.0 Å². The van der Waals surface area contributed by atoms with Crippen LogP contribution in [0.15, 0.2) is 17.1 Å². The molecule has 3 heterocycles. The van der Waals surface area contributed by atoms with Gasteiger partial charge < -0.3 is 19.7 Å². The van der Waals surface area contributed by atoms with Crippen molar-refractivity contribution < 1.29 is 23.5 Å². The molecule has 0 unspecified atom stereocenters. The summed E-state index contributed by atoms with van der Waals surface area (Å²) < 4.78 is 27.6. The van der Waals surface area contributed by atoms with Crippen LogP contribution < -0.4 is 15.8 Å². The number of halogens is 1. The van der Waals surface area contributed by atoms with Gasteiger partial charge >= 0.3 is 12.1 Å². The van der Waals surface area contributed by atoms with Crippen LogP contribution in [-0.4, -0.2) is 47.8 Å². The summed E-state index contributed by atoms with van der Waals surface area (Å²) in [6, 6.07) is 1.49. The molecule has 5 rings (SSSR count). The van der Waals surface area contributed by atoms with Crippen LogP contribution in [0.2, 0.25) is 0 Å². The van der Waals surface area contributed by atoms with E-state index in [1.807, 2.05) is 32.6 Å². The standard InChI is InChI=1S/C28H36FN3O5/c1-6-36-26(34)19-11-18(16-7-8-16)23-15(2)24(21(29)13-32(23)25(19)33)31-12-20(17-9-10-17)22(14-31)30-27(35)37-28(3,4)5/h11,13,16-17,20,22H,6-10,12,14H2,1-5H3,(H,30,35)/t20-,22-/m1/s1. The number of aryl methyl sites for hydroxylation is 1. The average molecular weight is 514 g/mol. The Kier molecular flexibility index (Phi) is 6.44. The van der Waals surface area contributed by atoms with E-state index in [0.717, 1.165) is 31.2 Å². The predicted octanol–water partition coefficient (Wildman–Crippen LogP) is 4.54. The van der Waals surface area contributed by atoms with Crippen molar-refractivity contribution in [3.8, 4) is 0 Å². The fraction of sp³-hybridized carbons (Fsp3) is 0.607. The molecule has 2 aromatic heterocycles. The van der Waals surface area contributed by atoms with Gasteiger partial charge in [0, 0.05) is 19.0 Å². The average Bonchev–Trinajstić information content (AvgIpc) is 3.72. The molecule has 0 bridgehead atoms. The Balaban J connectivity index is 1.53. The highest BCUT2D eigenvalue weighted by molar-refractivity contribution is 5.90. The van der Waals surface area contributed by atoms with Crippen LogP contribution >= 0.6 is 0 Å². The monoisotopic (exact) mass is 513 g/mol. The second-order valence-corrected chi connectivity index (χ2v) is 11.6. The Morgan fingerprint density at radius 1 is 1.16 bits per heavy atom. The fourth-order valence-corrected chi connectivity index (χ4v) is 5.72. The summed E-state index contributed by atoms with van der Waals surface area (Å²) in [5.74, 6) is -0.305. The number of nitrogens with zero attached hydrogens (tertiary/aromatic N) is 2. The van der Waals surface area contributed by atoms with Gasteiger partial charge in [0.15, 0.2) is 5.82 Å². The minimum absolute atomic E-state index is 0.0654. The van der Waals surface area contributed by atoms with Gasteiger partial charge in [-0.2, -0.15) is 0 Å². The highest BCUT2D eigenvalue weighted by atomic mass is 19.1. The zero-order valence-corrected chi connectivity index (χ0v) is 22.2. The molecule has 3 aliphatic rings. The van der Waals surface area contributed by atoms with Crippen LogP contribution in [0.1, 0.15) is 80.8 Å². The van der Waals surface area contributed by atoms with Gasteiger partial charge in [0.1, 0.15) is 11.2 Å². The first-order valence-corrected chi connectivity index (χ1v) is 13.3. The van der Waals surface area contributed by atoms with E-state index in [4.69, 9.17) is 9.47 Å². The normalized spacial score (nSPS) is 21.8. The third-order valence-corrected chi connectivity index (χ3v) is 7.57. The Labute approximate surface area is 216 Å². The molecule has 0 aromatic carbocycles. The van der Waals surface area contributed by atoms with E-state index in [0.29, 0.717) is 35.8 Å². The van der Waals surface area contributed by atoms with Crippen molar-refractivity contribution in [2.45, 2.75) is 77.9 Å². The quantitative estimate of drug-likeness (QED) is 0.571. The fourth-order valence-electron chi connectivity index (χ4n) is 5.72. The summed E-state index contributed by atoms with van der Waals surface area (Å²) in [7, 11) is 0. The molecule has 2 atom stereocenters. The number of pyridine rings is 2. The van der Waals surface area contributed by atoms with Crippen molar-refractivity contribution in [3.05, 3.63) is 45.1 Å². The number of aromatic nitrogens is 1. The number of esters is 1. The van der Waals surface area contributed by atoms with Crippen molar-refractivity contribution >= 4 is 23.3 Å². The van der Waals surface area contributed by atoms with Crippen molar-refractivity contribution in [2.24, 2.45) is 11.8 Å². The van der Waals surface area contributed by atoms with E-state index < -0.39 is 29.0 Å². The highest BCUT2D eigenvalue weighted by Gasteiger charge is 2.44. The van der Waals surface area contributed by atoms with E-state index >= 15 is 4.39 Å². The van der Waals surface area contributed by atoms with Gasteiger partial charge in [-0.3, -0.25) is 9.20 Å². The molecule has 37 heavy (non-hydrogen) atoms. The largest absolute Gasteiger partial charge is 0.462 e. The molecule has 3 fully saturated rings. The third kappa shape index (κ3) is 5.05. The van der Waals surface area contributed by atoms with Gasteiger partial charge in [0.05, 0.1) is 30.0 Å². The number of hydrogen-bond donors (Lipinski definition) is 1. The lowest BCUT2D eigenvalue weighted by Crippen LogP contribution is -2.43. The maximum absolute atomic E-state index is 15.8. The van der Waals surface area contributed by atoms with Gasteiger partial charge in [-0.15, -0.1) is 0 Å². The van der Waals surface area contributed by atoms with Crippen LogP contribution in [0.4, 0.5) is 14.9 Å². The molecule has 1 saturated heterocycles. The van der Waals surface area contributed by atoms with E-state index in [9.17, 15) is 14.4 Å². The lowest BCUT2D eigenvalue weighted by Gasteiger charge is -2.25. The second-order valence-electron chi connectivity index (χ2n) is 11.6. The zero-order valence-electron chi connectivity index (χ0n) is 22.2. The molecule has 0 spiro atoms. The number of hydrogen-bond acceptors (Lipinski definition) is 6. The lowest BCUT2D eigenvalue weighted by atomic mass is 9.98. The second kappa shape index (κ2) is 9.33. The molecular weight excluding hydrogens is 477 g/mol. The van der Waals surface area contributed by atoms with Gasteiger partial charge in [-0.1, -0.05) is 0 Å². The first kappa shape index (κ1) is 25.5. The number of ether oxygens (including phenoxy) is 2. The molecule has 1 amide bonds. The van der Waals surface area contributed by atoms with Crippen molar-refractivity contribution in [1.29, 1.82) is 0 Å². The molecule has 9 heteroatoms. The summed E-state index contributed by atoms with van der Waals surface area (Å²) in [6.07, 6.45) is 4.85. The lowest BCUT2D eigenvalue weighted by molar-refractivity contribution is 0.0491. The molecule has 2 saturated carbocycles. The summed E-state index contributed by atoms with van der Waals surface area (Å²) in [6.45, 7) is 10.2. The maximum Gasteiger partial charge on any atom is 0.407 e. The highest BCUT2D eigenvalue weighted by Crippen LogP contribution is 2.46. The zero-order chi connectivity index (χ0) is 26.6. The van der Waals surface area contributed by atoms with Gasteiger partial charge in [0.2, 0.25) is 0 Å². The van der Waals surface area contributed by atoms with Gasteiger partial charge in [-0.05, 0) is 89.3 Å². The number of alkyl carbamates (subject to hydrolysis) is 1. The number of anilines is 1. The SMILES string of the molecule is CCOC(=O)c1cc(C2CC2)c2c(C)c(N3C[C@H](C4CC4)[C@H](NC(=O)OC(C)(C)C)C3)c(F)cn2c1=O. The summed E-state index contributed by atoms with van der Waals surface area (Å²) in [5, 5.41) is 3.03. The maximum atomic E-state index is 15.8. The predicted molar refractivity (Wildman–Crippen MR) is 138 cm³/mol. The molecule has 0 radical (unpaired) electrons. The molecule has 8 nitrogen and oxygen atoms in total. The molecule has 1 aliphatic heterocycles. The number of nitrogens with one attached hydrogen (secondary N) is 1. The third-order valence-electron chi connectivity index (χ3n) is 7.57. The van der Waals surface area contributed by atoms with E-state index in [2.05, 4.69) is 5.32 Å². The first-order chi connectivity index (χ1) is 17.5. The minimum atomic E-state index is -0.686. The summed E-state index contributed by atoms with van der Waals surface area (Å²) in [4.78, 5) is 40.3. The molecular formula is C28H36FN3O5. The molecule has 1 N–H and O–H groups in total. The number of amides is 1. The Hall–Kier alpha value is -3.10. The first-order valence-electron chi connectivity index (χ1n) is 13.3. The number of rotatable bonds is 6. The Morgan fingerprint density at radius 3 is 2.46 bits per heavy atom. The smallest absolute Gasteiger partial charge is 0.407 e. The van der Waals surface area contributed by atoms with Crippen molar-refractivity contribution in [1.82, 2.24) is 9.72 Å². The molecule has 2 aromatic rings. The topological polar surface area (TPSA) is 89.3 Å². The van der Waals surface area contributed by atoms with Gasteiger partial charge in [0.25, 0.3) is 5.56 Å². The van der Waals surface area contributed by atoms with E-state index in [1.54, 1.807) is 13.0 Å². The van der Waals surface area contributed by atoms with E-state index in [1.165, 1.54) is 10.6 Å². The number of fused-ring (bicyclic) bond motifs is 1. The van der Waals surface area contributed by atoms with Crippen LogP contribution in [0.3, 0.4) is 0 Å². The number of carbonyl (C=O) groups excluding carboxylic acids is 2. The molecule has 2 aliphatic carbocycles. The number of carbonyl (C=O) groups is 2.